The van der Waals surface area contributed by atoms with Crippen LogP contribution in [0.25, 0.3) is 0 Å². The number of sulfonamides is 1. The van der Waals surface area contributed by atoms with Crippen LogP contribution in [0.5, 0.6) is 5.75 Å². The van der Waals surface area contributed by atoms with E-state index >= 15 is 0 Å². The molecule has 1 aliphatic carbocycles. The maximum Gasteiger partial charge on any atom is 0.322 e. The second-order valence-corrected chi connectivity index (χ2v) is 6.85. The Morgan fingerprint density at radius 2 is 2.14 bits per heavy atom. The molecule has 0 heterocycles. The fourth-order valence-electron chi connectivity index (χ4n) is 2.12. The lowest BCUT2D eigenvalue weighted by atomic mass is 10.2. The predicted molar refractivity (Wildman–Crippen MR) is 76.8 cm³/mol. The zero-order valence-electron chi connectivity index (χ0n) is 12.0. The van der Waals surface area contributed by atoms with Crippen molar-refractivity contribution >= 4 is 16.0 Å². The standard InChI is InChI=1S/C14H19NO5S/c1-3-20-12-7-6-11(8-9(12)2)21(18,19)15-13(14(16)17)10-4-5-10/h6-8,10,13,15H,3-5H2,1-2H3,(H,16,17). The summed E-state index contributed by atoms with van der Waals surface area (Å²) in [5.74, 6) is -0.627. The van der Waals surface area contributed by atoms with Gasteiger partial charge in [-0.15, -0.1) is 0 Å². The Balaban J connectivity index is 2.22. The molecule has 0 radical (unpaired) electrons. The van der Waals surface area contributed by atoms with Crippen LogP contribution in [-0.2, 0) is 14.8 Å². The van der Waals surface area contributed by atoms with Gasteiger partial charge in [-0.05, 0) is 56.4 Å². The van der Waals surface area contributed by atoms with Gasteiger partial charge >= 0.3 is 5.97 Å². The van der Waals surface area contributed by atoms with Gasteiger partial charge in [0.2, 0.25) is 10.0 Å². The highest BCUT2D eigenvalue weighted by atomic mass is 32.2. The normalized spacial score (nSPS) is 16.5. The molecular weight excluding hydrogens is 294 g/mol. The first-order valence-electron chi connectivity index (χ1n) is 6.83. The zero-order valence-corrected chi connectivity index (χ0v) is 12.8. The van der Waals surface area contributed by atoms with Crippen LogP contribution in [-0.4, -0.2) is 32.1 Å². The van der Waals surface area contributed by atoms with Crippen molar-refractivity contribution in [1.29, 1.82) is 0 Å². The number of benzene rings is 1. The van der Waals surface area contributed by atoms with E-state index in [9.17, 15) is 13.2 Å². The molecular formula is C14H19NO5S. The molecule has 1 saturated carbocycles. The van der Waals surface area contributed by atoms with E-state index < -0.39 is 22.0 Å². The Morgan fingerprint density at radius 3 is 2.62 bits per heavy atom. The molecule has 6 nitrogen and oxygen atoms in total. The minimum absolute atomic E-state index is 0.0513. The van der Waals surface area contributed by atoms with Crippen LogP contribution < -0.4 is 9.46 Å². The van der Waals surface area contributed by atoms with Crippen LogP contribution in [0.15, 0.2) is 23.1 Å². The van der Waals surface area contributed by atoms with Crippen LogP contribution in [0.1, 0.15) is 25.3 Å². The van der Waals surface area contributed by atoms with Crippen LogP contribution >= 0.6 is 0 Å². The van der Waals surface area contributed by atoms with Gasteiger partial charge < -0.3 is 9.84 Å². The van der Waals surface area contributed by atoms with Crippen molar-refractivity contribution < 1.29 is 23.1 Å². The molecule has 1 aromatic carbocycles. The summed E-state index contributed by atoms with van der Waals surface area (Å²) in [5.41, 5.74) is 0.693. The Labute approximate surface area is 124 Å². The minimum atomic E-state index is -3.85. The number of carboxylic acids is 1. The van der Waals surface area contributed by atoms with Crippen molar-refractivity contribution in [3.8, 4) is 5.75 Å². The smallest absolute Gasteiger partial charge is 0.322 e. The van der Waals surface area contributed by atoms with E-state index in [1.807, 2.05) is 6.92 Å². The van der Waals surface area contributed by atoms with E-state index in [-0.39, 0.29) is 10.8 Å². The SMILES string of the molecule is CCOc1ccc(S(=O)(=O)NC(C(=O)O)C2CC2)cc1C. The molecule has 7 heteroatoms. The molecule has 1 fully saturated rings. The summed E-state index contributed by atoms with van der Waals surface area (Å²) >= 11 is 0. The van der Waals surface area contributed by atoms with Gasteiger partial charge in [0.25, 0.3) is 0 Å². The molecule has 0 bridgehead atoms. The summed E-state index contributed by atoms with van der Waals surface area (Å²) in [7, 11) is -3.85. The number of rotatable bonds is 7. The van der Waals surface area contributed by atoms with Gasteiger partial charge in [-0.25, -0.2) is 8.42 Å². The molecule has 0 amide bonds. The third kappa shape index (κ3) is 3.74. The number of carbonyl (C=O) groups is 1. The van der Waals surface area contributed by atoms with Crippen LogP contribution in [0.2, 0.25) is 0 Å². The number of aryl methyl sites for hydroxylation is 1. The van der Waals surface area contributed by atoms with E-state index in [0.29, 0.717) is 17.9 Å². The van der Waals surface area contributed by atoms with Gasteiger partial charge in [-0.2, -0.15) is 4.72 Å². The van der Waals surface area contributed by atoms with Gasteiger partial charge in [0.05, 0.1) is 11.5 Å². The van der Waals surface area contributed by atoms with Crippen molar-refractivity contribution in [2.75, 3.05) is 6.61 Å². The van der Waals surface area contributed by atoms with E-state index in [4.69, 9.17) is 9.84 Å². The minimum Gasteiger partial charge on any atom is -0.494 e. The first-order valence-corrected chi connectivity index (χ1v) is 8.32. The topological polar surface area (TPSA) is 92.7 Å². The molecule has 0 saturated heterocycles. The van der Waals surface area contributed by atoms with Crippen LogP contribution in [0.4, 0.5) is 0 Å². The summed E-state index contributed by atoms with van der Waals surface area (Å²) < 4.78 is 32.2. The molecule has 1 unspecified atom stereocenters. The van der Waals surface area contributed by atoms with Gasteiger partial charge in [0.15, 0.2) is 0 Å². The number of hydrogen-bond acceptors (Lipinski definition) is 4. The molecule has 1 atom stereocenters. The molecule has 2 N–H and O–H groups in total. The monoisotopic (exact) mass is 313 g/mol. The largest absolute Gasteiger partial charge is 0.494 e. The second kappa shape index (κ2) is 6.03. The van der Waals surface area contributed by atoms with Gasteiger partial charge in [-0.1, -0.05) is 0 Å². The van der Waals surface area contributed by atoms with Gasteiger partial charge in [-0.3, -0.25) is 4.79 Å². The lowest BCUT2D eigenvalue weighted by Crippen LogP contribution is -2.42. The fraction of sp³-hybridized carbons (Fsp3) is 0.500. The van der Waals surface area contributed by atoms with Crippen LogP contribution in [0, 0.1) is 12.8 Å². The third-order valence-corrected chi connectivity index (χ3v) is 4.84. The molecule has 0 aromatic heterocycles. The number of hydrogen-bond donors (Lipinski definition) is 2. The van der Waals surface area contributed by atoms with Gasteiger partial charge in [0.1, 0.15) is 11.8 Å². The number of aliphatic carboxylic acids is 1. The highest BCUT2D eigenvalue weighted by Crippen LogP contribution is 2.33. The average Bonchev–Trinajstić information content (AvgIpc) is 3.22. The summed E-state index contributed by atoms with van der Waals surface area (Å²) in [6, 6.07) is 3.44. The molecule has 21 heavy (non-hydrogen) atoms. The number of carboxylic acid groups (broad SMARTS) is 1. The molecule has 2 rings (SSSR count). The van der Waals surface area contributed by atoms with Crippen molar-refractivity contribution in [2.24, 2.45) is 5.92 Å². The Hall–Kier alpha value is -1.60. The lowest BCUT2D eigenvalue weighted by Gasteiger charge is -2.15. The fourth-order valence-corrected chi connectivity index (χ4v) is 3.46. The molecule has 1 aliphatic rings. The molecule has 116 valence electrons. The number of ether oxygens (including phenoxy) is 1. The quantitative estimate of drug-likeness (QED) is 0.796. The average molecular weight is 313 g/mol. The van der Waals surface area contributed by atoms with Crippen molar-refractivity contribution in [2.45, 2.75) is 37.6 Å². The van der Waals surface area contributed by atoms with E-state index in [0.717, 1.165) is 12.8 Å². The van der Waals surface area contributed by atoms with Crippen LogP contribution in [0.3, 0.4) is 0 Å². The van der Waals surface area contributed by atoms with Crippen molar-refractivity contribution in [3.05, 3.63) is 23.8 Å². The first-order chi connectivity index (χ1) is 9.85. The Morgan fingerprint density at radius 1 is 1.48 bits per heavy atom. The molecule has 0 aliphatic heterocycles. The summed E-state index contributed by atoms with van der Waals surface area (Å²) in [5, 5.41) is 9.12. The predicted octanol–water partition coefficient (Wildman–Crippen LogP) is 1.54. The zero-order chi connectivity index (χ0) is 15.6. The van der Waals surface area contributed by atoms with Crippen molar-refractivity contribution in [1.82, 2.24) is 4.72 Å². The number of nitrogens with one attached hydrogen (secondary N) is 1. The van der Waals surface area contributed by atoms with E-state index in [1.165, 1.54) is 12.1 Å². The maximum absolute atomic E-state index is 12.3. The Kier molecular flexibility index (Phi) is 4.53. The Bertz CT molecular complexity index is 637. The molecule has 0 spiro atoms. The second-order valence-electron chi connectivity index (χ2n) is 5.13. The molecule has 1 aromatic rings. The third-order valence-electron chi connectivity index (χ3n) is 3.40. The first kappa shape index (κ1) is 15.8. The van der Waals surface area contributed by atoms with E-state index in [2.05, 4.69) is 4.72 Å². The summed E-state index contributed by atoms with van der Waals surface area (Å²) in [6.07, 6.45) is 1.48. The summed E-state index contributed by atoms with van der Waals surface area (Å²) in [4.78, 5) is 11.2. The van der Waals surface area contributed by atoms with Crippen molar-refractivity contribution in [3.63, 3.8) is 0 Å². The van der Waals surface area contributed by atoms with Gasteiger partial charge in [0, 0.05) is 0 Å². The van der Waals surface area contributed by atoms with E-state index in [1.54, 1.807) is 13.0 Å². The maximum atomic E-state index is 12.3. The highest BCUT2D eigenvalue weighted by Gasteiger charge is 2.39. The highest BCUT2D eigenvalue weighted by molar-refractivity contribution is 7.89. The lowest BCUT2D eigenvalue weighted by molar-refractivity contribution is -0.139. The summed E-state index contributed by atoms with van der Waals surface area (Å²) in [6.45, 7) is 4.09.